The molecule has 1 aromatic carbocycles. The molecule has 1 N–H and O–H groups in total. The molecule has 8 heteroatoms. The summed E-state index contributed by atoms with van der Waals surface area (Å²) in [5.41, 5.74) is 0.788. The molecule has 0 saturated carbocycles. The summed E-state index contributed by atoms with van der Waals surface area (Å²) in [5.74, 6) is -0.502. The maximum absolute atomic E-state index is 12.9. The van der Waals surface area contributed by atoms with Crippen molar-refractivity contribution in [3.8, 4) is 0 Å². The molecular formula is C20H27FN4O3. The van der Waals surface area contributed by atoms with Crippen molar-refractivity contribution in [3.63, 3.8) is 0 Å². The van der Waals surface area contributed by atoms with Crippen molar-refractivity contribution in [2.75, 3.05) is 52.4 Å². The summed E-state index contributed by atoms with van der Waals surface area (Å²) in [7, 11) is 0. The Morgan fingerprint density at radius 3 is 2.11 bits per heavy atom. The molecule has 2 saturated heterocycles. The normalized spacial score (nSPS) is 17.6. The third kappa shape index (κ3) is 5.76. The average Bonchev–Trinajstić information content (AvgIpc) is 3.23. The fourth-order valence-electron chi connectivity index (χ4n) is 3.56. The van der Waals surface area contributed by atoms with Crippen LogP contribution in [0.4, 0.5) is 4.39 Å². The number of halogens is 1. The molecule has 3 amide bonds. The maximum Gasteiger partial charge on any atom is 0.241 e. The SMILES string of the molecule is O=C(CN1CCN(C(=O)Cc2ccc(F)cc2)CC1)NCC(=O)N1CCCC1. The van der Waals surface area contributed by atoms with Crippen LogP contribution >= 0.6 is 0 Å². The number of piperazine rings is 1. The van der Waals surface area contributed by atoms with Gasteiger partial charge in [-0.2, -0.15) is 0 Å². The Balaban J connectivity index is 1.35. The standard InChI is InChI=1S/C20H27FN4O3/c21-17-5-3-16(4-6-17)13-19(27)25-11-9-23(10-12-25)15-18(26)22-14-20(28)24-7-1-2-8-24/h3-6H,1-2,7-15H2,(H,22,26). The van der Waals surface area contributed by atoms with Gasteiger partial charge in [-0.15, -0.1) is 0 Å². The molecule has 3 rings (SSSR count). The van der Waals surface area contributed by atoms with Crippen molar-refractivity contribution in [1.82, 2.24) is 20.0 Å². The van der Waals surface area contributed by atoms with E-state index in [-0.39, 0.29) is 43.0 Å². The number of nitrogens with one attached hydrogen (secondary N) is 1. The van der Waals surface area contributed by atoms with Crippen molar-refractivity contribution >= 4 is 17.7 Å². The first-order valence-electron chi connectivity index (χ1n) is 9.80. The molecule has 2 fully saturated rings. The number of amides is 3. The third-order valence-electron chi connectivity index (χ3n) is 5.26. The highest BCUT2D eigenvalue weighted by atomic mass is 19.1. The fourth-order valence-corrected chi connectivity index (χ4v) is 3.56. The third-order valence-corrected chi connectivity index (χ3v) is 5.26. The van der Waals surface area contributed by atoms with Crippen LogP contribution in [-0.2, 0) is 20.8 Å². The Hall–Kier alpha value is -2.48. The smallest absolute Gasteiger partial charge is 0.241 e. The molecule has 7 nitrogen and oxygen atoms in total. The Labute approximate surface area is 164 Å². The van der Waals surface area contributed by atoms with E-state index in [2.05, 4.69) is 5.32 Å². The lowest BCUT2D eigenvalue weighted by Gasteiger charge is -2.34. The van der Waals surface area contributed by atoms with Crippen LogP contribution in [0.2, 0.25) is 0 Å². The Morgan fingerprint density at radius 2 is 1.46 bits per heavy atom. The van der Waals surface area contributed by atoms with E-state index in [1.165, 1.54) is 12.1 Å². The van der Waals surface area contributed by atoms with Crippen LogP contribution in [0.1, 0.15) is 18.4 Å². The molecule has 0 atom stereocenters. The number of carbonyl (C=O) groups is 3. The first-order chi connectivity index (χ1) is 13.5. The van der Waals surface area contributed by atoms with Crippen molar-refractivity contribution in [3.05, 3.63) is 35.6 Å². The molecule has 0 aliphatic carbocycles. The summed E-state index contributed by atoms with van der Waals surface area (Å²) in [6.07, 6.45) is 2.31. The minimum atomic E-state index is -0.315. The summed E-state index contributed by atoms with van der Waals surface area (Å²) in [5, 5.41) is 2.69. The molecule has 0 aromatic heterocycles. The Kier molecular flexibility index (Phi) is 6.97. The quantitative estimate of drug-likeness (QED) is 0.756. The van der Waals surface area contributed by atoms with Gasteiger partial charge in [-0.25, -0.2) is 4.39 Å². The molecule has 2 aliphatic rings. The highest BCUT2D eigenvalue weighted by Gasteiger charge is 2.23. The van der Waals surface area contributed by atoms with E-state index in [4.69, 9.17) is 0 Å². The maximum atomic E-state index is 12.9. The molecule has 1 aromatic rings. The number of carbonyl (C=O) groups excluding carboxylic acids is 3. The summed E-state index contributed by atoms with van der Waals surface area (Å²) < 4.78 is 12.9. The summed E-state index contributed by atoms with van der Waals surface area (Å²) >= 11 is 0. The van der Waals surface area contributed by atoms with Gasteiger partial charge in [0.15, 0.2) is 0 Å². The minimum Gasteiger partial charge on any atom is -0.346 e. The topological polar surface area (TPSA) is 73.0 Å². The molecule has 0 unspecified atom stereocenters. The molecule has 2 heterocycles. The Morgan fingerprint density at radius 1 is 0.857 bits per heavy atom. The highest BCUT2D eigenvalue weighted by molar-refractivity contribution is 5.85. The summed E-state index contributed by atoms with van der Waals surface area (Å²) in [4.78, 5) is 42.0. The molecule has 0 bridgehead atoms. The zero-order valence-corrected chi connectivity index (χ0v) is 16.0. The van der Waals surface area contributed by atoms with Crippen molar-refractivity contribution in [2.24, 2.45) is 0 Å². The van der Waals surface area contributed by atoms with Crippen LogP contribution in [0.25, 0.3) is 0 Å². The first-order valence-corrected chi connectivity index (χ1v) is 9.80. The number of benzene rings is 1. The van der Waals surface area contributed by atoms with Gasteiger partial charge in [0.2, 0.25) is 17.7 Å². The van der Waals surface area contributed by atoms with Crippen LogP contribution in [0.3, 0.4) is 0 Å². The van der Waals surface area contributed by atoms with E-state index >= 15 is 0 Å². The van der Waals surface area contributed by atoms with Gasteiger partial charge in [0, 0.05) is 39.3 Å². The van der Waals surface area contributed by atoms with Crippen LogP contribution in [0.5, 0.6) is 0 Å². The van der Waals surface area contributed by atoms with Crippen molar-refractivity contribution < 1.29 is 18.8 Å². The number of likely N-dealkylation sites (tertiary alicyclic amines) is 1. The van der Waals surface area contributed by atoms with E-state index in [9.17, 15) is 18.8 Å². The fraction of sp³-hybridized carbons (Fsp3) is 0.550. The largest absolute Gasteiger partial charge is 0.346 e. The van der Waals surface area contributed by atoms with Crippen LogP contribution in [-0.4, -0.2) is 84.8 Å². The number of rotatable bonds is 6. The van der Waals surface area contributed by atoms with Gasteiger partial charge in [-0.3, -0.25) is 19.3 Å². The van der Waals surface area contributed by atoms with Crippen molar-refractivity contribution in [1.29, 1.82) is 0 Å². The average molecular weight is 390 g/mol. The van der Waals surface area contributed by atoms with Gasteiger partial charge in [0.1, 0.15) is 5.82 Å². The lowest BCUT2D eigenvalue weighted by atomic mass is 10.1. The molecule has 152 valence electrons. The molecule has 28 heavy (non-hydrogen) atoms. The lowest BCUT2D eigenvalue weighted by molar-refractivity contribution is -0.134. The Bertz CT molecular complexity index is 696. The molecule has 2 aliphatic heterocycles. The van der Waals surface area contributed by atoms with Gasteiger partial charge < -0.3 is 15.1 Å². The molecule has 0 radical (unpaired) electrons. The number of hydrogen-bond donors (Lipinski definition) is 1. The van der Waals surface area contributed by atoms with Crippen LogP contribution in [0.15, 0.2) is 24.3 Å². The first kappa shape index (κ1) is 20.3. The predicted octanol–water partition coefficient (Wildman–Crippen LogP) is 0.251. The van der Waals surface area contributed by atoms with Gasteiger partial charge in [-0.05, 0) is 30.5 Å². The minimum absolute atomic E-state index is 0.00641. The summed E-state index contributed by atoms with van der Waals surface area (Å²) in [6, 6.07) is 5.95. The zero-order chi connectivity index (χ0) is 19.9. The predicted molar refractivity (Wildman–Crippen MR) is 102 cm³/mol. The zero-order valence-electron chi connectivity index (χ0n) is 16.0. The highest BCUT2D eigenvalue weighted by Crippen LogP contribution is 2.09. The van der Waals surface area contributed by atoms with Gasteiger partial charge >= 0.3 is 0 Å². The summed E-state index contributed by atoms with van der Waals surface area (Å²) in [6.45, 7) is 4.18. The van der Waals surface area contributed by atoms with E-state index < -0.39 is 0 Å². The van der Waals surface area contributed by atoms with Gasteiger partial charge in [0.05, 0.1) is 19.5 Å². The second-order valence-corrected chi connectivity index (χ2v) is 7.32. The van der Waals surface area contributed by atoms with E-state index in [0.29, 0.717) is 26.2 Å². The molecular weight excluding hydrogens is 363 g/mol. The van der Waals surface area contributed by atoms with E-state index in [0.717, 1.165) is 31.5 Å². The van der Waals surface area contributed by atoms with Crippen molar-refractivity contribution in [2.45, 2.75) is 19.3 Å². The van der Waals surface area contributed by atoms with Gasteiger partial charge in [-0.1, -0.05) is 12.1 Å². The molecule has 0 spiro atoms. The second-order valence-electron chi connectivity index (χ2n) is 7.32. The van der Waals surface area contributed by atoms with E-state index in [1.54, 1.807) is 21.9 Å². The number of nitrogens with zero attached hydrogens (tertiary/aromatic N) is 3. The van der Waals surface area contributed by atoms with Crippen LogP contribution in [0, 0.1) is 5.82 Å². The van der Waals surface area contributed by atoms with Gasteiger partial charge in [0.25, 0.3) is 0 Å². The van der Waals surface area contributed by atoms with Crippen LogP contribution < -0.4 is 5.32 Å². The number of hydrogen-bond acceptors (Lipinski definition) is 4. The monoisotopic (exact) mass is 390 g/mol. The van der Waals surface area contributed by atoms with E-state index in [1.807, 2.05) is 4.90 Å². The second kappa shape index (κ2) is 9.64. The lowest BCUT2D eigenvalue weighted by Crippen LogP contribution is -2.52.